The van der Waals surface area contributed by atoms with Crippen LogP contribution in [0.3, 0.4) is 0 Å². The molecule has 1 aromatic heterocycles. The highest BCUT2D eigenvalue weighted by atomic mass is 32.2. The number of nitrogens with one attached hydrogen (secondary N) is 2. The Morgan fingerprint density at radius 2 is 1.70 bits per heavy atom. The van der Waals surface area contributed by atoms with Gasteiger partial charge < -0.3 is 5.32 Å². The maximum atomic E-state index is 12.6. The number of carbonyl (C=O) groups is 1. The molecule has 0 atom stereocenters. The number of sulfonamides is 1. The molecule has 0 aliphatic heterocycles. The Morgan fingerprint density at radius 1 is 1.00 bits per heavy atom. The molecule has 0 fully saturated rings. The van der Waals surface area contributed by atoms with Gasteiger partial charge in [-0.05, 0) is 42.3 Å². The number of amides is 1. The van der Waals surface area contributed by atoms with E-state index >= 15 is 0 Å². The van der Waals surface area contributed by atoms with Crippen molar-refractivity contribution in [2.24, 2.45) is 0 Å². The van der Waals surface area contributed by atoms with E-state index in [2.05, 4.69) is 15.0 Å². The number of nitrogens with zero attached hydrogens (tertiary/aromatic N) is 1. The van der Waals surface area contributed by atoms with Gasteiger partial charge in [-0.3, -0.25) is 9.78 Å². The largest absolute Gasteiger partial charge is 0.322 e. The quantitative estimate of drug-likeness (QED) is 0.687. The third-order valence-corrected chi connectivity index (χ3v) is 5.41. The molecule has 0 radical (unpaired) electrons. The van der Waals surface area contributed by atoms with Crippen LogP contribution in [0.2, 0.25) is 0 Å². The number of rotatable bonds is 6. The van der Waals surface area contributed by atoms with Gasteiger partial charge in [-0.2, -0.15) is 0 Å². The molecule has 0 aliphatic carbocycles. The molecule has 0 saturated heterocycles. The Morgan fingerprint density at radius 3 is 2.41 bits per heavy atom. The van der Waals surface area contributed by atoms with Crippen molar-refractivity contribution < 1.29 is 13.2 Å². The smallest absolute Gasteiger partial charge is 0.255 e. The van der Waals surface area contributed by atoms with Gasteiger partial charge in [-0.25, -0.2) is 13.1 Å². The third kappa shape index (κ3) is 4.78. The van der Waals surface area contributed by atoms with E-state index in [9.17, 15) is 13.2 Å². The number of aromatic nitrogens is 1. The van der Waals surface area contributed by atoms with E-state index in [1.807, 2.05) is 30.3 Å². The Hall–Kier alpha value is -3.03. The highest BCUT2D eigenvalue weighted by Gasteiger charge is 2.18. The highest BCUT2D eigenvalue weighted by Crippen LogP contribution is 2.18. The van der Waals surface area contributed by atoms with E-state index in [1.54, 1.807) is 37.5 Å². The average Bonchev–Trinajstić information content (AvgIpc) is 2.68. The van der Waals surface area contributed by atoms with Crippen molar-refractivity contribution in [1.29, 1.82) is 0 Å². The first kappa shape index (κ1) is 18.8. The lowest BCUT2D eigenvalue weighted by atomic mass is 10.1. The lowest BCUT2D eigenvalue weighted by molar-refractivity contribution is 0.102. The number of hydrogen-bond donors (Lipinski definition) is 2. The van der Waals surface area contributed by atoms with Crippen molar-refractivity contribution in [1.82, 2.24) is 9.71 Å². The van der Waals surface area contributed by atoms with Crippen LogP contribution in [0.1, 0.15) is 21.5 Å². The van der Waals surface area contributed by atoms with Gasteiger partial charge >= 0.3 is 0 Å². The predicted molar refractivity (Wildman–Crippen MR) is 104 cm³/mol. The zero-order chi connectivity index (χ0) is 19.3. The number of pyridine rings is 1. The van der Waals surface area contributed by atoms with E-state index in [1.165, 1.54) is 12.1 Å². The zero-order valence-corrected chi connectivity index (χ0v) is 15.5. The molecule has 27 heavy (non-hydrogen) atoms. The van der Waals surface area contributed by atoms with Crippen LogP contribution in [-0.2, 0) is 16.6 Å². The summed E-state index contributed by atoms with van der Waals surface area (Å²) in [7, 11) is -3.74. The Kier molecular flexibility index (Phi) is 5.63. The molecule has 0 saturated carbocycles. The first-order valence-electron chi connectivity index (χ1n) is 8.31. The normalized spacial score (nSPS) is 11.1. The molecule has 2 aromatic carbocycles. The summed E-state index contributed by atoms with van der Waals surface area (Å²) in [6.07, 6.45) is 3.13. The zero-order valence-electron chi connectivity index (χ0n) is 14.7. The molecule has 0 unspecified atom stereocenters. The molecule has 1 heterocycles. The molecular formula is C20H19N3O3S. The summed E-state index contributed by atoms with van der Waals surface area (Å²) in [5.74, 6) is -0.376. The molecule has 7 heteroatoms. The summed E-state index contributed by atoms with van der Waals surface area (Å²) < 4.78 is 27.8. The first-order chi connectivity index (χ1) is 13.0. The van der Waals surface area contributed by atoms with Gasteiger partial charge in [0.15, 0.2) is 0 Å². The second-order valence-electron chi connectivity index (χ2n) is 5.98. The van der Waals surface area contributed by atoms with E-state index in [0.717, 1.165) is 5.56 Å². The van der Waals surface area contributed by atoms with Gasteiger partial charge in [0.25, 0.3) is 5.91 Å². The SMILES string of the molecule is Cc1ccc(S(=O)(=O)NCc2ccccc2)cc1C(=O)Nc1ccncc1. The fourth-order valence-corrected chi connectivity index (χ4v) is 3.55. The van der Waals surface area contributed by atoms with E-state index in [4.69, 9.17) is 0 Å². The number of anilines is 1. The van der Waals surface area contributed by atoms with Gasteiger partial charge in [-0.15, -0.1) is 0 Å². The van der Waals surface area contributed by atoms with Crippen LogP contribution in [0.15, 0.2) is 78.0 Å². The van der Waals surface area contributed by atoms with E-state index < -0.39 is 10.0 Å². The van der Waals surface area contributed by atoms with Crippen molar-refractivity contribution in [3.05, 3.63) is 89.7 Å². The first-order valence-corrected chi connectivity index (χ1v) is 9.80. The van der Waals surface area contributed by atoms with Crippen LogP contribution in [0.25, 0.3) is 0 Å². The second kappa shape index (κ2) is 8.11. The Bertz CT molecular complexity index is 1040. The van der Waals surface area contributed by atoms with Crippen LogP contribution in [0, 0.1) is 6.92 Å². The highest BCUT2D eigenvalue weighted by molar-refractivity contribution is 7.89. The summed E-state index contributed by atoms with van der Waals surface area (Å²) in [5.41, 5.74) is 2.42. The van der Waals surface area contributed by atoms with Crippen molar-refractivity contribution >= 4 is 21.6 Å². The third-order valence-electron chi connectivity index (χ3n) is 4.01. The van der Waals surface area contributed by atoms with Gasteiger partial charge in [0, 0.05) is 30.2 Å². The molecule has 0 aliphatic rings. The second-order valence-corrected chi connectivity index (χ2v) is 7.74. The molecular weight excluding hydrogens is 362 g/mol. The fraction of sp³-hybridized carbons (Fsp3) is 0.100. The minimum atomic E-state index is -3.74. The van der Waals surface area contributed by atoms with Gasteiger partial charge in [-0.1, -0.05) is 36.4 Å². The van der Waals surface area contributed by atoms with Crippen LogP contribution < -0.4 is 10.0 Å². The molecule has 2 N–H and O–H groups in total. The predicted octanol–water partition coefficient (Wildman–Crippen LogP) is 3.12. The molecule has 1 amide bonds. The standard InChI is InChI=1S/C20H19N3O3S/c1-15-7-8-18(27(25,26)22-14-16-5-3-2-4-6-16)13-19(15)20(24)23-17-9-11-21-12-10-17/h2-13,22H,14H2,1H3,(H,21,23,24). The molecule has 138 valence electrons. The van der Waals surface area contributed by atoms with Crippen LogP contribution in [0.4, 0.5) is 5.69 Å². The van der Waals surface area contributed by atoms with Crippen molar-refractivity contribution in [3.63, 3.8) is 0 Å². The lowest BCUT2D eigenvalue weighted by Gasteiger charge is -2.11. The Labute approximate surface area is 158 Å². The minimum Gasteiger partial charge on any atom is -0.322 e. The maximum Gasteiger partial charge on any atom is 0.255 e. The average molecular weight is 381 g/mol. The van der Waals surface area contributed by atoms with Crippen molar-refractivity contribution in [2.45, 2.75) is 18.4 Å². The summed E-state index contributed by atoms with van der Waals surface area (Å²) >= 11 is 0. The topological polar surface area (TPSA) is 88.2 Å². The summed E-state index contributed by atoms with van der Waals surface area (Å²) in [6.45, 7) is 1.94. The number of aryl methyl sites for hydroxylation is 1. The number of carbonyl (C=O) groups excluding carboxylic acids is 1. The summed E-state index contributed by atoms with van der Waals surface area (Å²) in [5, 5.41) is 2.74. The van der Waals surface area contributed by atoms with Crippen molar-refractivity contribution in [2.75, 3.05) is 5.32 Å². The summed E-state index contributed by atoms with van der Waals surface area (Å²) in [6, 6.07) is 17.1. The molecule has 3 aromatic rings. The molecule has 0 bridgehead atoms. The Balaban J connectivity index is 1.80. The lowest BCUT2D eigenvalue weighted by Crippen LogP contribution is -2.24. The van der Waals surface area contributed by atoms with Gasteiger partial charge in [0.05, 0.1) is 4.90 Å². The summed E-state index contributed by atoms with van der Waals surface area (Å²) in [4.78, 5) is 16.5. The van der Waals surface area contributed by atoms with Crippen LogP contribution in [-0.4, -0.2) is 19.3 Å². The number of hydrogen-bond acceptors (Lipinski definition) is 4. The van der Waals surface area contributed by atoms with Gasteiger partial charge in [0.2, 0.25) is 10.0 Å². The monoisotopic (exact) mass is 381 g/mol. The molecule has 6 nitrogen and oxygen atoms in total. The van der Waals surface area contributed by atoms with E-state index in [0.29, 0.717) is 16.8 Å². The minimum absolute atomic E-state index is 0.0453. The number of benzene rings is 2. The molecule has 0 spiro atoms. The van der Waals surface area contributed by atoms with Gasteiger partial charge in [0.1, 0.15) is 0 Å². The maximum absolute atomic E-state index is 12.6. The van der Waals surface area contributed by atoms with E-state index in [-0.39, 0.29) is 17.3 Å². The molecule has 3 rings (SSSR count). The fourth-order valence-electron chi connectivity index (χ4n) is 2.50. The van der Waals surface area contributed by atoms with Crippen molar-refractivity contribution in [3.8, 4) is 0 Å². The van der Waals surface area contributed by atoms with Crippen LogP contribution in [0.5, 0.6) is 0 Å². The van der Waals surface area contributed by atoms with Crippen LogP contribution >= 0.6 is 0 Å².